The fraction of sp³-hybridized carbons (Fsp3) is 0.385. The fourth-order valence-electron chi connectivity index (χ4n) is 2.31. The number of likely N-dealkylation sites (tertiary alicyclic amines) is 1. The minimum absolute atomic E-state index is 0.121. The van der Waals surface area contributed by atoms with Crippen molar-refractivity contribution in [1.29, 1.82) is 0 Å². The van der Waals surface area contributed by atoms with Gasteiger partial charge in [-0.25, -0.2) is 9.18 Å². The van der Waals surface area contributed by atoms with Crippen LogP contribution in [-0.2, 0) is 9.59 Å². The van der Waals surface area contributed by atoms with Gasteiger partial charge in [-0.1, -0.05) is 12.1 Å². The number of carboxylic acid groups (broad SMARTS) is 1. The summed E-state index contributed by atoms with van der Waals surface area (Å²) in [6.07, 6.45) is 0.121. The predicted molar refractivity (Wildman–Crippen MR) is 63.7 cm³/mol. The molecule has 19 heavy (non-hydrogen) atoms. The SMILES string of the molecule is O=C(O)C(c1cccc(F)c1)N1CC(CO)CC1=O. The second-order valence-electron chi connectivity index (χ2n) is 4.59. The van der Waals surface area contributed by atoms with Crippen LogP contribution in [0.5, 0.6) is 0 Å². The van der Waals surface area contributed by atoms with E-state index in [1.165, 1.54) is 23.1 Å². The first-order valence-electron chi connectivity index (χ1n) is 5.91. The molecule has 0 bridgehead atoms. The molecule has 102 valence electrons. The van der Waals surface area contributed by atoms with Gasteiger partial charge in [-0.05, 0) is 17.7 Å². The maximum atomic E-state index is 13.2. The van der Waals surface area contributed by atoms with E-state index in [1.54, 1.807) is 0 Å². The number of nitrogens with zero attached hydrogens (tertiary/aromatic N) is 1. The fourth-order valence-corrected chi connectivity index (χ4v) is 2.31. The van der Waals surface area contributed by atoms with Gasteiger partial charge in [0.15, 0.2) is 6.04 Å². The van der Waals surface area contributed by atoms with Crippen LogP contribution in [0, 0.1) is 11.7 Å². The summed E-state index contributed by atoms with van der Waals surface area (Å²) in [6.45, 7) is 0.000539. The van der Waals surface area contributed by atoms with Crippen LogP contribution in [0.1, 0.15) is 18.0 Å². The normalized spacial score (nSPS) is 20.6. The topological polar surface area (TPSA) is 77.8 Å². The molecule has 1 heterocycles. The highest BCUT2D eigenvalue weighted by molar-refractivity contribution is 5.86. The van der Waals surface area contributed by atoms with Gasteiger partial charge in [0.2, 0.25) is 5.91 Å². The van der Waals surface area contributed by atoms with Gasteiger partial charge in [-0.15, -0.1) is 0 Å². The number of hydrogen-bond acceptors (Lipinski definition) is 3. The Bertz CT molecular complexity index is 505. The molecule has 1 aliphatic heterocycles. The monoisotopic (exact) mass is 267 g/mol. The summed E-state index contributed by atoms with van der Waals surface area (Å²) in [7, 11) is 0. The van der Waals surface area contributed by atoms with Crippen LogP contribution in [0.3, 0.4) is 0 Å². The number of amides is 1. The van der Waals surface area contributed by atoms with Crippen molar-refractivity contribution in [3.63, 3.8) is 0 Å². The second kappa shape index (κ2) is 5.36. The van der Waals surface area contributed by atoms with E-state index in [2.05, 4.69) is 0 Å². The Hall–Kier alpha value is -1.95. The molecule has 1 amide bonds. The Morgan fingerprint density at radius 3 is 2.79 bits per heavy atom. The van der Waals surface area contributed by atoms with E-state index in [9.17, 15) is 19.1 Å². The molecule has 1 aromatic rings. The number of hydrogen-bond donors (Lipinski definition) is 2. The lowest BCUT2D eigenvalue weighted by Crippen LogP contribution is -2.35. The van der Waals surface area contributed by atoms with E-state index in [1.807, 2.05) is 0 Å². The number of carbonyl (C=O) groups excluding carboxylic acids is 1. The van der Waals surface area contributed by atoms with Crippen molar-refractivity contribution in [2.75, 3.05) is 13.2 Å². The Balaban J connectivity index is 2.31. The summed E-state index contributed by atoms with van der Waals surface area (Å²) in [5.41, 5.74) is 0.222. The molecule has 6 heteroatoms. The number of aliphatic hydroxyl groups excluding tert-OH is 1. The Kier molecular flexibility index (Phi) is 3.80. The standard InChI is InChI=1S/C13H14FNO4/c14-10-3-1-2-9(5-10)12(13(18)19)15-6-8(7-16)4-11(15)17/h1-3,5,8,12,16H,4,6-7H2,(H,18,19). The summed E-state index contributed by atoms with van der Waals surface area (Å²) >= 11 is 0. The number of aliphatic carboxylic acids is 1. The molecular weight excluding hydrogens is 253 g/mol. The molecule has 0 aliphatic carbocycles. The number of halogens is 1. The third kappa shape index (κ3) is 2.73. The van der Waals surface area contributed by atoms with Gasteiger partial charge in [0, 0.05) is 25.5 Å². The van der Waals surface area contributed by atoms with Gasteiger partial charge in [-0.2, -0.15) is 0 Å². The quantitative estimate of drug-likeness (QED) is 0.845. The Morgan fingerprint density at radius 1 is 1.53 bits per heavy atom. The van der Waals surface area contributed by atoms with Crippen molar-refractivity contribution in [2.45, 2.75) is 12.5 Å². The molecule has 1 aromatic carbocycles. The first-order chi connectivity index (χ1) is 9.02. The van der Waals surface area contributed by atoms with E-state index in [0.717, 1.165) is 6.07 Å². The molecule has 0 spiro atoms. The zero-order valence-corrected chi connectivity index (χ0v) is 10.1. The highest BCUT2D eigenvalue weighted by Gasteiger charge is 2.38. The molecule has 1 saturated heterocycles. The molecule has 2 unspecified atom stereocenters. The van der Waals surface area contributed by atoms with Crippen LogP contribution in [-0.4, -0.2) is 40.1 Å². The predicted octanol–water partition coefficient (Wildman–Crippen LogP) is 0.792. The lowest BCUT2D eigenvalue weighted by Gasteiger charge is -2.25. The molecule has 0 saturated carbocycles. The van der Waals surface area contributed by atoms with Gasteiger partial charge < -0.3 is 15.1 Å². The maximum Gasteiger partial charge on any atom is 0.331 e. The summed E-state index contributed by atoms with van der Waals surface area (Å²) in [5.74, 6) is -2.36. The van der Waals surface area contributed by atoms with Crippen molar-refractivity contribution in [3.8, 4) is 0 Å². The van der Waals surface area contributed by atoms with Crippen molar-refractivity contribution >= 4 is 11.9 Å². The molecule has 2 atom stereocenters. The lowest BCUT2D eigenvalue weighted by atomic mass is 10.1. The minimum atomic E-state index is -1.21. The number of benzene rings is 1. The zero-order valence-electron chi connectivity index (χ0n) is 10.1. The van der Waals surface area contributed by atoms with Crippen molar-refractivity contribution < 1.29 is 24.2 Å². The van der Waals surface area contributed by atoms with E-state index in [4.69, 9.17) is 5.11 Å². The number of aliphatic hydroxyl groups is 1. The first kappa shape index (κ1) is 13.5. The van der Waals surface area contributed by atoms with Crippen molar-refractivity contribution in [1.82, 2.24) is 4.90 Å². The van der Waals surface area contributed by atoms with Crippen LogP contribution in [0.4, 0.5) is 4.39 Å². The van der Waals surface area contributed by atoms with Crippen molar-refractivity contribution in [3.05, 3.63) is 35.6 Å². The van der Waals surface area contributed by atoms with E-state index in [-0.39, 0.29) is 37.0 Å². The summed E-state index contributed by atoms with van der Waals surface area (Å²) < 4.78 is 13.2. The smallest absolute Gasteiger partial charge is 0.331 e. The zero-order chi connectivity index (χ0) is 14.0. The van der Waals surface area contributed by atoms with E-state index in [0.29, 0.717) is 0 Å². The average Bonchev–Trinajstić information content (AvgIpc) is 2.71. The van der Waals surface area contributed by atoms with Gasteiger partial charge in [0.25, 0.3) is 0 Å². The number of rotatable bonds is 4. The highest BCUT2D eigenvalue weighted by atomic mass is 19.1. The average molecular weight is 267 g/mol. The molecule has 0 aromatic heterocycles. The molecule has 2 N–H and O–H groups in total. The summed E-state index contributed by atoms with van der Waals surface area (Å²) in [6, 6.07) is 3.99. The van der Waals surface area contributed by atoms with Gasteiger partial charge >= 0.3 is 5.97 Å². The second-order valence-corrected chi connectivity index (χ2v) is 4.59. The highest BCUT2D eigenvalue weighted by Crippen LogP contribution is 2.29. The summed E-state index contributed by atoms with van der Waals surface area (Å²) in [5, 5.41) is 18.3. The third-order valence-corrected chi connectivity index (χ3v) is 3.21. The molecule has 2 rings (SSSR count). The number of carboxylic acids is 1. The molecule has 1 aliphatic rings. The van der Waals surface area contributed by atoms with E-state index < -0.39 is 17.8 Å². The first-order valence-corrected chi connectivity index (χ1v) is 5.91. The number of carbonyl (C=O) groups is 2. The Morgan fingerprint density at radius 2 is 2.26 bits per heavy atom. The van der Waals surface area contributed by atoms with Crippen LogP contribution in [0.25, 0.3) is 0 Å². The van der Waals surface area contributed by atoms with Gasteiger partial charge in [0.1, 0.15) is 5.82 Å². The third-order valence-electron chi connectivity index (χ3n) is 3.21. The van der Waals surface area contributed by atoms with Crippen LogP contribution >= 0.6 is 0 Å². The molecule has 1 fully saturated rings. The lowest BCUT2D eigenvalue weighted by molar-refractivity contribution is -0.148. The Labute approximate surface area is 109 Å². The van der Waals surface area contributed by atoms with Gasteiger partial charge in [0.05, 0.1) is 0 Å². The van der Waals surface area contributed by atoms with Crippen LogP contribution in [0.15, 0.2) is 24.3 Å². The van der Waals surface area contributed by atoms with Gasteiger partial charge in [-0.3, -0.25) is 4.79 Å². The van der Waals surface area contributed by atoms with E-state index >= 15 is 0 Å². The summed E-state index contributed by atoms with van der Waals surface area (Å²) in [4.78, 5) is 24.3. The largest absolute Gasteiger partial charge is 0.479 e. The molecule has 5 nitrogen and oxygen atoms in total. The minimum Gasteiger partial charge on any atom is -0.479 e. The molecular formula is C13H14FNO4. The van der Waals surface area contributed by atoms with Crippen molar-refractivity contribution in [2.24, 2.45) is 5.92 Å². The van der Waals surface area contributed by atoms with Crippen LogP contribution in [0.2, 0.25) is 0 Å². The molecule has 0 radical (unpaired) electrons. The van der Waals surface area contributed by atoms with Crippen LogP contribution < -0.4 is 0 Å². The maximum absolute atomic E-state index is 13.2.